The van der Waals surface area contributed by atoms with E-state index >= 15 is 0 Å². The maximum atomic E-state index is 13.4. The van der Waals surface area contributed by atoms with Gasteiger partial charge < -0.3 is 10.1 Å². The van der Waals surface area contributed by atoms with E-state index in [2.05, 4.69) is 19.2 Å². The van der Waals surface area contributed by atoms with E-state index in [0.717, 1.165) is 12.1 Å². The monoisotopic (exact) mass is 307 g/mol. The van der Waals surface area contributed by atoms with Crippen molar-refractivity contribution >= 4 is 11.6 Å². The van der Waals surface area contributed by atoms with Crippen LogP contribution in [-0.4, -0.2) is 6.54 Å². The molecule has 0 fully saturated rings. The van der Waals surface area contributed by atoms with E-state index < -0.39 is 0 Å². The average molecular weight is 308 g/mol. The smallest absolute Gasteiger partial charge is 0.132 e. The number of benzene rings is 2. The van der Waals surface area contributed by atoms with Crippen LogP contribution in [-0.2, 0) is 6.54 Å². The Bertz CT molecular complexity index is 584. The normalized spacial score (nSPS) is 10.9. The van der Waals surface area contributed by atoms with E-state index in [4.69, 9.17) is 16.3 Å². The van der Waals surface area contributed by atoms with Crippen LogP contribution in [0.15, 0.2) is 42.5 Å². The Labute approximate surface area is 129 Å². The summed E-state index contributed by atoms with van der Waals surface area (Å²) < 4.78 is 19.2. The Balaban J connectivity index is 2.12. The SMILES string of the molecule is CC(C)CNCc1cc(F)ccc1Oc1ccc(Cl)cc1. The quantitative estimate of drug-likeness (QED) is 0.809. The van der Waals surface area contributed by atoms with Gasteiger partial charge in [-0.15, -0.1) is 0 Å². The van der Waals surface area contributed by atoms with Gasteiger partial charge in [0.1, 0.15) is 17.3 Å². The maximum absolute atomic E-state index is 13.4. The molecule has 0 spiro atoms. The van der Waals surface area contributed by atoms with Crippen LogP contribution in [0, 0.1) is 11.7 Å². The molecule has 0 aliphatic rings. The Morgan fingerprint density at radius 2 is 1.86 bits per heavy atom. The Morgan fingerprint density at radius 1 is 1.14 bits per heavy atom. The van der Waals surface area contributed by atoms with Crippen molar-refractivity contribution in [1.29, 1.82) is 0 Å². The topological polar surface area (TPSA) is 21.3 Å². The van der Waals surface area contributed by atoms with Gasteiger partial charge in [-0.25, -0.2) is 4.39 Å². The van der Waals surface area contributed by atoms with Crippen LogP contribution in [0.2, 0.25) is 5.02 Å². The summed E-state index contributed by atoms with van der Waals surface area (Å²) in [6.07, 6.45) is 0. The molecule has 0 saturated heterocycles. The van der Waals surface area contributed by atoms with Crippen LogP contribution in [0.1, 0.15) is 19.4 Å². The minimum Gasteiger partial charge on any atom is -0.457 e. The van der Waals surface area contributed by atoms with E-state index in [1.165, 1.54) is 12.1 Å². The van der Waals surface area contributed by atoms with Crippen molar-refractivity contribution in [2.24, 2.45) is 5.92 Å². The molecule has 0 saturated carbocycles. The van der Waals surface area contributed by atoms with Gasteiger partial charge in [-0.3, -0.25) is 0 Å². The molecule has 1 N–H and O–H groups in total. The molecular formula is C17H19ClFNO. The number of hydrogen-bond acceptors (Lipinski definition) is 2. The molecule has 0 aliphatic carbocycles. The van der Waals surface area contributed by atoms with Gasteiger partial charge >= 0.3 is 0 Å². The van der Waals surface area contributed by atoms with E-state index in [1.807, 2.05) is 0 Å². The molecule has 0 radical (unpaired) electrons. The maximum Gasteiger partial charge on any atom is 0.132 e. The molecule has 0 heterocycles. The molecule has 2 rings (SSSR count). The third-order valence-electron chi connectivity index (χ3n) is 2.93. The Kier molecular flexibility index (Phi) is 5.59. The Hall–Kier alpha value is -1.58. The lowest BCUT2D eigenvalue weighted by molar-refractivity contribution is 0.466. The van der Waals surface area contributed by atoms with Gasteiger partial charge in [-0.05, 0) is 54.9 Å². The van der Waals surface area contributed by atoms with Crippen LogP contribution in [0.3, 0.4) is 0 Å². The largest absolute Gasteiger partial charge is 0.457 e. The highest BCUT2D eigenvalue weighted by Crippen LogP contribution is 2.27. The molecule has 2 nitrogen and oxygen atoms in total. The highest BCUT2D eigenvalue weighted by molar-refractivity contribution is 6.30. The molecular weight excluding hydrogens is 289 g/mol. The summed E-state index contributed by atoms with van der Waals surface area (Å²) >= 11 is 5.85. The van der Waals surface area contributed by atoms with Crippen molar-refractivity contribution < 1.29 is 9.13 Å². The van der Waals surface area contributed by atoms with Crippen molar-refractivity contribution in [3.05, 3.63) is 58.9 Å². The fourth-order valence-electron chi connectivity index (χ4n) is 1.91. The summed E-state index contributed by atoms with van der Waals surface area (Å²) in [5.74, 6) is 1.60. The average Bonchev–Trinajstić information content (AvgIpc) is 2.43. The number of nitrogens with one attached hydrogen (secondary N) is 1. The van der Waals surface area contributed by atoms with Crippen molar-refractivity contribution in [3.8, 4) is 11.5 Å². The van der Waals surface area contributed by atoms with Gasteiger partial charge in [0.05, 0.1) is 0 Å². The third-order valence-corrected chi connectivity index (χ3v) is 3.18. The highest BCUT2D eigenvalue weighted by atomic mass is 35.5. The van der Waals surface area contributed by atoms with E-state index in [1.54, 1.807) is 30.3 Å². The minimum atomic E-state index is -0.264. The number of ether oxygens (including phenoxy) is 1. The number of hydrogen-bond donors (Lipinski definition) is 1. The van der Waals surface area contributed by atoms with Gasteiger partial charge in [0.15, 0.2) is 0 Å². The molecule has 2 aromatic carbocycles. The first-order valence-corrected chi connectivity index (χ1v) is 7.35. The molecule has 0 unspecified atom stereocenters. The zero-order valence-corrected chi connectivity index (χ0v) is 13.0. The van der Waals surface area contributed by atoms with Crippen LogP contribution in [0.5, 0.6) is 11.5 Å². The first kappa shape index (κ1) is 15.8. The lowest BCUT2D eigenvalue weighted by atomic mass is 10.1. The second-order valence-electron chi connectivity index (χ2n) is 5.33. The second-order valence-corrected chi connectivity index (χ2v) is 5.77. The molecule has 0 atom stereocenters. The number of halogens is 2. The molecule has 2 aromatic rings. The van der Waals surface area contributed by atoms with Crippen molar-refractivity contribution in [2.45, 2.75) is 20.4 Å². The van der Waals surface area contributed by atoms with E-state index in [0.29, 0.717) is 29.0 Å². The van der Waals surface area contributed by atoms with Gasteiger partial charge in [0, 0.05) is 17.1 Å². The zero-order chi connectivity index (χ0) is 15.2. The fraction of sp³-hybridized carbons (Fsp3) is 0.294. The molecule has 21 heavy (non-hydrogen) atoms. The predicted octanol–water partition coefficient (Wildman–Crippen LogP) is 5.02. The summed E-state index contributed by atoms with van der Waals surface area (Å²) in [5.41, 5.74) is 0.797. The van der Waals surface area contributed by atoms with E-state index in [-0.39, 0.29) is 5.82 Å². The lowest BCUT2D eigenvalue weighted by Gasteiger charge is -2.13. The summed E-state index contributed by atoms with van der Waals surface area (Å²) in [6.45, 7) is 5.70. The van der Waals surface area contributed by atoms with Gasteiger partial charge in [-0.1, -0.05) is 25.4 Å². The lowest BCUT2D eigenvalue weighted by Crippen LogP contribution is -2.19. The second kappa shape index (κ2) is 7.43. The minimum absolute atomic E-state index is 0.264. The zero-order valence-electron chi connectivity index (χ0n) is 12.2. The van der Waals surface area contributed by atoms with Crippen LogP contribution in [0.25, 0.3) is 0 Å². The first-order chi connectivity index (χ1) is 10.0. The van der Waals surface area contributed by atoms with Crippen LogP contribution < -0.4 is 10.1 Å². The summed E-state index contributed by atoms with van der Waals surface area (Å²) in [6, 6.07) is 11.6. The summed E-state index contributed by atoms with van der Waals surface area (Å²) in [7, 11) is 0. The standard InChI is InChI=1S/C17H19ClFNO/c1-12(2)10-20-11-13-9-15(19)5-8-17(13)21-16-6-3-14(18)4-7-16/h3-9,12,20H,10-11H2,1-2H3. The van der Waals surface area contributed by atoms with Crippen LogP contribution in [0.4, 0.5) is 4.39 Å². The Morgan fingerprint density at radius 3 is 2.52 bits per heavy atom. The number of rotatable bonds is 6. The van der Waals surface area contributed by atoms with Crippen molar-refractivity contribution in [3.63, 3.8) is 0 Å². The molecule has 4 heteroatoms. The molecule has 0 bridgehead atoms. The van der Waals surface area contributed by atoms with Gasteiger partial charge in [0.25, 0.3) is 0 Å². The first-order valence-electron chi connectivity index (χ1n) is 6.97. The fourth-order valence-corrected chi connectivity index (χ4v) is 2.04. The van der Waals surface area contributed by atoms with Crippen molar-refractivity contribution in [1.82, 2.24) is 5.32 Å². The molecule has 0 aromatic heterocycles. The van der Waals surface area contributed by atoms with Gasteiger partial charge in [0.2, 0.25) is 0 Å². The summed E-state index contributed by atoms with van der Waals surface area (Å²) in [5, 5.41) is 3.95. The predicted molar refractivity (Wildman–Crippen MR) is 84.5 cm³/mol. The van der Waals surface area contributed by atoms with Gasteiger partial charge in [-0.2, -0.15) is 0 Å². The third kappa shape index (κ3) is 5.03. The molecule has 0 aliphatic heterocycles. The van der Waals surface area contributed by atoms with Crippen LogP contribution >= 0.6 is 11.6 Å². The molecule has 0 amide bonds. The van der Waals surface area contributed by atoms with Crippen molar-refractivity contribution in [2.75, 3.05) is 6.54 Å². The highest BCUT2D eigenvalue weighted by Gasteiger charge is 2.07. The van der Waals surface area contributed by atoms with E-state index in [9.17, 15) is 4.39 Å². The molecule has 112 valence electrons. The summed E-state index contributed by atoms with van der Waals surface area (Å²) in [4.78, 5) is 0.